The number of nitrogens with one attached hydrogen (secondary N) is 4. The van der Waals surface area contributed by atoms with Crippen molar-refractivity contribution in [2.24, 2.45) is 7.05 Å². The summed E-state index contributed by atoms with van der Waals surface area (Å²) < 4.78 is 7.21. The minimum absolute atomic E-state index is 0.0536. The average molecular weight is 454 g/mol. The fourth-order valence-corrected chi connectivity index (χ4v) is 3.01. The maximum absolute atomic E-state index is 12.4. The van der Waals surface area contributed by atoms with Gasteiger partial charge in [0.15, 0.2) is 23.1 Å². The number of aromatic nitrogens is 5. The number of carbonyl (C=O) groups is 2. The molecule has 0 fully saturated rings. The first-order chi connectivity index (χ1) is 16.0. The second-order valence-electron chi connectivity index (χ2n) is 7.06. The van der Waals surface area contributed by atoms with Crippen molar-refractivity contribution in [2.45, 2.75) is 19.8 Å². The summed E-state index contributed by atoms with van der Waals surface area (Å²) in [5.41, 5.74) is 1.61. The van der Waals surface area contributed by atoms with Gasteiger partial charge in [-0.3, -0.25) is 14.8 Å². The van der Waals surface area contributed by atoms with Crippen molar-refractivity contribution in [1.29, 1.82) is 0 Å². The smallest absolute Gasteiger partial charge is 0.320 e. The predicted octanol–water partition coefficient (Wildman–Crippen LogP) is 2.31. The molecule has 0 radical (unpaired) electrons. The van der Waals surface area contributed by atoms with E-state index in [9.17, 15) is 9.59 Å². The van der Waals surface area contributed by atoms with Gasteiger partial charge in [-0.2, -0.15) is 5.10 Å². The fourth-order valence-electron chi connectivity index (χ4n) is 3.01. The van der Waals surface area contributed by atoms with E-state index in [4.69, 9.17) is 4.74 Å². The molecule has 33 heavy (non-hydrogen) atoms. The van der Waals surface area contributed by atoms with Crippen LogP contribution >= 0.6 is 0 Å². The number of amides is 3. The third-order valence-corrected chi connectivity index (χ3v) is 4.62. The molecule has 2 heterocycles. The molecule has 0 spiro atoms. The van der Waals surface area contributed by atoms with Crippen LogP contribution in [-0.4, -0.2) is 57.6 Å². The molecule has 0 aliphatic heterocycles. The van der Waals surface area contributed by atoms with Gasteiger partial charge in [0.1, 0.15) is 6.33 Å². The van der Waals surface area contributed by atoms with E-state index in [-0.39, 0.29) is 11.5 Å². The van der Waals surface area contributed by atoms with Gasteiger partial charge in [0.05, 0.1) is 24.0 Å². The molecule has 3 aromatic rings. The molecule has 12 heteroatoms. The van der Waals surface area contributed by atoms with Crippen molar-refractivity contribution >= 4 is 29.1 Å². The topological polar surface area (TPSA) is 148 Å². The number of methoxy groups -OCH3 is 1. The van der Waals surface area contributed by atoms with E-state index >= 15 is 0 Å². The lowest BCUT2D eigenvalue weighted by Crippen LogP contribution is -2.30. The van der Waals surface area contributed by atoms with Gasteiger partial charge in [-0.05, 0) is 18.6 Å². The van der Waals surface area contributed by atoms with Crippen molar-refractivity contribution in [3.05, 3.63) is 36.3 Å². The predicted molar refractivity (Wildman–Crippen MR) is 124 cm³/mol. The first kappa shape index (κ1) is 23.4. The molecular weight excluding hydrogens is 426 g/mol. The SMILES string of the molecule is CCCCNC(=O)Nc1cc(Nc2cccc(-c3ncn(C)n3)c2OC)c(C(=O)NC)nn1. The number of anilines is 3. The molecule has 1 aromatic carbocycles. The number of urea groups is 1. The Kier molecular flexibility index (Phi) is 7.73. The Morgan fingerprint density at radius 1 is 1.18 bits per heavy atom. The number of rotatable bonds is 9. The van der Waals surface area contributed by atoms with Gasteiger partial charge in [-0.25, -0.2) is 9.78 Å². The minimum Gasteiger partial charge on any atom is -0.494 e. The molecule has 3 amide bonds. The highest BCUT2D eigenvalue weighted by atomic mass is 16.5. The number of para-hydroxylation sites is 1. The maximum Gasteiger partial charge on any atom is 0.320 e. The second-order valence-corrected chi connectivity index (χ2v) is 7.06. The third-order valence-electron chi connectivity index (χ3n) is 4.62. The lowest BCUT2D eigenvalue weighted by atomic mass is 10.1. The van der Waals surface area contributed by atoms with Crippen LogP contribution in [0.25, 0.3) is 11.4 Å². The monoisotopic (exact) mass is 453 g/mol. The van der Waals surface area contributed by atoms with Gasteiger partial charge < -0.3 is 20.7 Å². The van der Waals surface area contributed by atoms with Gasteiger partial charge in [0.2, 0.25) is 0 Å². The van der Waals surface area contributed by atoms with Crippen molar-refractivity contribution in [2.75, 3.05) is 31.3 Å². The first-order valence-electron chi connectivity index (χ1n) is 10.4. The average Bonchev–Trinajstić information content (AvgIpc) is 3.25. The molecule has 0 bridgehead atoms. The largest absolute Gasteiger partial charge is 0.494 e. The summed E-state index contributed by atoms with van der Waals surface area (Å²) in [4.78, 5) is 28.8. The standard InChI is InChI=1S/C21H27N9O3/c1-5-6-10-23-21(32)26-16-11-15(17(28-27-16)20(31)22-2)25-14-9-7-8-13(18(14)33-4)19-24-12-30(3)29-19/h7-9,11-12H,5-6,10H2,1-4H3,(H,22,31)(H3,23,25,26,27,32). The number of ether oxygens (including phenoxy) is 1. The number of hydrogen-bond acceptors (Lipinski definition) is 8. The lowest BCUT2D eigenvalue weighted by Gasteiger charge is -2.16. The molecule has 0 saturated carbocycles. The van der Waals surface area contributed by atoms with Gasteiger partial charge in [-0.1, -0.05) is 19.4 Å². The van der Waals surface area contributed by atoms with Gasteiger partial charge >= 0.3 is 6.03 Å². The summed E-state index contributed by atoms with van der Waals surface area (Å²) in [6.07, 6.45) is 3.42. The zero-order valence-electron chi connectivity index (χ0n) is 19.0. The number of aryl methyl sites for hydroxylation is 1. The van der Waals surface area contributed by atoms with Crippen LogP contribution in [0, 0.1) is 0 Å². The van der Waals surface area contributed by atoms with Crippen molar-refractivity contribution in [1.82, 2.24) is 35.6 Å². The second kappa shape index (κ2) is 10.9. The molecule has 0 aliphatic rings. The maximum atomic E-state index is 12.4. The van der Waals surface area contributed by atoms with Gasteiger partial charge in [-0.15, -0.1) is 10.2 Å². The normalized spacial score (nSPS) is 10.4. The fraction of sp³-hybridized carbons (Fsp3) is 0.333. The number of hydrogen-bond donors (Lipinski definition) is 4. The van der Waals surface area contributed by atoms with Crippen LogP contribution in [0.4, 0.5) is 22.0 Å². The van der Waals surface area contributed by atoms with Crippen LogP contribution in [0.1, 0.15) is 30.3 Å². The molecule has 2 aromatic heterocycles. The molecule has 174 valence electrons. The Bertz CT molecular complexity index is 1130. The van der Waals surface area contributed by atoms with E-state index in [2.05, 4.69) is 41.5 Å². The summed E-state index contributed by atoms with van der Waals surface area (Å²) >= 11 is 0. The molecule has 4 N–H and O–H groups in total. The molecule has 0 aliphatic carbocycles. The van der Waals surface area contributed by atoms with Crippen LogP contribution in [0.3, 0.4) is 0 Å². The molecule has 3 rings (SSSR count). The minimum atomic E-state index is -0.439. The Hall–Kier alpha value is -4.22. The highest BCUT2D eigenvalue weighted by Gasteiger charge is 2.19. The van der Waals surface area contributed by atoms with E-state index in [1.165, 1.54) is 20.2 Å². The highest BCUT2D eigenvalue weighted by molar-refractivity contribution is 5.99. The van der Waals surface area contributed by atoms with Crippen LogP contribution in [0.15, 0.2) is 30.6 Å². The molecular formula is C21H27N9O3. The molecule has 0 unspecified atom stereocenters. The molecule has 0 atom stereocenters. The van der Waals surface area contributed by atoms with E-state index in [0.29, 0.717) is 35.1 Å². The van der Waals surface area contributed by atoms with Crippen molar-refractivity contribution in [3.63, 3.8) is 0 Å². The van der Waals surface area contributed by atoms with E-state index in [1.54, 1.807) is 24.1 Å². The lowest BCUT2D eigenvalue weighted by molar-refractivity contribution is 0.0958. The van der Waals surface area contributed by atoms with E-state index < -0.39 is 11.9 Å². The third kappa shape index (κ3) is 5.73. The number of carbonyl (C=O) groups excluding carboxylic acids is 2. The zero-order chi connectivity index (χ0) is 23.8. The van der Waals surface area contributed by atoms with Crippen LogP contribution in [0.5, 0.6) is 5.75 Å². The van der Waals surface area contributed by atoms with E-state index in [1.807, 2.05) is 19.1 Å². The van der Waals surface area contributed by atoms with Crippen LogP contribution in [0.2, 0.25) is 0 Å². The Labute approximate surface area is 191 Å². The summed E-state index contributed by atoms with van der Waals surface area (Å²) in [5.74, 6) is 0.713. The summed E-state index contributed by atoms with van der Waals surface area (Å²) in [6, 6.07) is 6.55. The molecule has 12 nitrogen and oxygen atoms in total. The van der Waals surface area contributed by atoms with Gasteiger partial charge in [0.25, 0.3) is 5.91 Å². The Morgan fingerprint density at radius 3 is 2.67 bits per heavy atom. The first-order valence-corrected chi connectivity index (χ1v) is 10.4. The number of unbranched alkanes of at least 4 members (excludes halogenated alkanes) is 1. The van der Waals surface area contributed by atoms with E-state index in [0.717, 1.165) is 12.8 Å². The quantitative estimate of drug-likeness (QED) is 0.361. The Balaban J connectivity index is 1.94. The highest BCUT2D eigenvalue weighted by Crippen LogP contribution is 2.37. The zero-order valence-corrected chi connectivity index (χ0v) is 19.0. The van der Waals surface area contributed by atoms with Crippen molar-refractivity contribution < 1.29 is 14.3 Å². The summed E-state index contributed by atoms with van der Waals surface area (Å²) in [5, 5.41) is 23.4. The van der Waals surface area contributed by atoms with Crippen molar-refractivity contribution in [3.8, 4) is 17.1 Å². The summed E-state index contributed by atoms with van der Waals surface area (Å²) in [6.45, 7) is 2.58. The summed E-state index contributed by atoms with van der Waals surface area (Å²) in [7, 11) is 4.80. The van der Waals surface area contributed by atoms with Crippen LogP contribution < -0.4 is 26.0 Å². The molecule has 0 saturated heterocycles. The Morgan fingerprint density at radius 2 is 2.00 bits per heavy atom. The number of nitrogens with zero attached hydrogens (tertiary/aromatic N) is 5. The van der Waals surface area contributed by atoms with Crippen LogP contribution in [-0.2, 0) is 7.05 Å². The van der Waals surface area contributed by atoms with Gasteiger partial charge in [0, 0.05) is 26.7 Å². The number of benzene rings is 1.